The number of H-pyrrole nitrogens is 1. The number of nitrogens with zero attached hydrogens (tertiary/aromatic N) is 1. The van der Waals surface area contributed by atoms with Crippen LogP contribution in [0.4, 0.5) is 5.95 Å². The quantitative estimate of drug-likeness (QED) is 0.643. The maximum atomic E-state index is 12.4. The highest BCUT2D eigenvalue weighted by molar-refractivity contribution is 5.95. The molecule has 0 unspecified atom stereocenters. The molecular formula is C19H18N4O2. The summed E-state index contributed by atoms with van der Waals surface area (Å²) in [6.07, 6.45) is 4.47. The molecule has 3 aromatic rings. The third-order valence-electron chi connectivity index (χ3n) is 4.52. The van der Waals surface area contributed by atoms with Crippen LogP contribution in [0.2, 0.25) is 0 Å². The average molecular weight is 334 g/mol. The zero-order valence-electron chi connectivity index (χ0n) is 13.6. The van der Waals surface area contributed by atoms with Gasteiger partial charge in [0.25, 0.3) is 11.5 Å². The lowest BCUT2D eigenvalue weighted by Crippen LogP contribution is -2.31. The van der Waals surface area contributed by atoms with E-state index in [-0.39, 0.29) is 17.4 Å². The number of aryl methyl sites for hydroxylation is 2. The van der Waals surface area contributed by atoms with Gasteiger partial charge in [0.2, 0.25) is 5.95 Å². The molecule has 0 spiro atoms. The van der Waals surface area contributed by atoms with Crippen LogP contribution < -0.4 is 16.4 Å². The van der Waals surface area contributed by atoms with Gasteiger partial charge < -0.3 is 0 Å². The Labute approximate surface area is 144 Å². The molecule has 25 heavy (non-hydrogen) atoms. The van der Waals surface area contributed by atoms with Gasteiger partial charge in [0, 0.05) is 5.56 Å². The molecule has 1 heterocycles. The summed E-state index contributed by atoms with van der Waals surface area (Å²) >= 11 is 0. The van der Waals surface area contributed by atoms with Gasteiger partial charge in [0.15, 0.2) is 0 Å². The molecule has 3 N–H and O–H groups in total. The fourth-order valence-corrected chi connectivity index (χ4v) is 3.21. The van der Waals surface area contributed by atoms with Crippen molar-refractivity contribution in [3.05, 3.63) is 69.5 Å². The zero-order chi connectivity index (χ0) is 17.2. The summed E-state index contributed by atoms with van der Waals surface area (Å²) in [5, 5.41) is 0.508. The normalized spacial score (nSPS) is 13.3. The van der Waals surface area contributed by atoms with Crippen LogP contribution >= 0.6 is 0 Å². The van der Waals surface area contributed by atoms with Crippen LogP contribution in [0.15, 0.2) is 47.3 Å². The Hall–Kier alpha value is -3.15. The zero-order valence-corrected chi connectivity index (χ0v) is 13.6. The number of nitrogens with one attached hydrogen (secondary N) is 3. The second-order valence-electron chi connectivity index (χ2n) is 6.20. The predicted molar refractivity (Wildman–Crippen MR) is 96.5 cm³/mol. The fraction of sp³-hybridized carbons (Fsp3) is 0.211. The number of hydrogen-bond acceptors (Lipinski definition) is 4. The molecule has 0 saturated carbocycles. The number of para-hydroxylation sites is 1. The molecule has 2 aromatic carbocycles. The molecule has 1 aromatic heterocycles. The molecule has 0 atom stereocenters. The molecule has 1 aliphatic rings. The second kappa shape index (κ2) is 6.39. The van der Waals surface area contributed by atoms with Crippen LogP contribution in [0.3, 0.4) is 0 Å². The first kappa shape index (κ1) is 15.4. The summed E-state index contributed by atoms with van der Waals surface area (Å²) in [4.78, 5) is 31.3. The van der Waals surface area contributed by atoms with Crippen LogP contribution in [0, 0.1) is 0 Å². The van der Waals surface area contributed by atoms with Gasteiger partial charge in [-0.2, -0.15) is 0 Å². The Morgan fingerprint density at radius 3 is 2.72 bits per heavy atom. The number of rotatable bonds is 3. The third-order valence-corrected chi connectivity index (χ3v) is 4.52. The highest BCUT2D eigenvalue weighted by atomic mass is 16.2. The van der Waals surface area contributed by atoms with Gasteiger partial charge in [-0.25, -0.2) is 4.98 Å². The summed E-state index contributed by atoms with van der Waals surface area (Å²) in [5.74, 6) is -0.0563. The van der Waals surface area contributed by atoms with Crippen molar-refractivity contribution in [2.75, 3.05) is 5.43 Å². The number of carbonyl (C=O) groups excluding carboxylic acids is 1. The number of amides is 1. The highest BCUT2D eigenvalue weighted by Crippen LogP contribution is 2.22. The molecule has 0 bridgehead atoms. The van der Waals surface area contributed by atoms with E-state index in [1.807, 2.05) is 24.3 Å². The maximum absolute atomic E-state index is 12.4. The Bertz CT molecular complexity index is 1010. The van der Waals surface area contributed by atoms with Gasteiger partial charge in [0.05, 0.1) is 10.9 Å². The van der Waals surface area contributed by atoms with E-state index in [9.17, 15) is 9.59 Å². The van der Waals surface area contributed by atoms with Crippen LogP contribution in [-0.4, -0.2) is 15.9 Å². The molecule has 126 valence electrons. The van der Waals surface area contributed by atoms with Gasteiger partial charge in [-0.15, -0.1) is 0 Å². The molecular weight excluding hydrogens is 316 g/mol. The molecule has 0 fully saturated rings. The van der Waals surface area contributed by atoms with Crippen molar-refractivity contribution in [2.24, 2.45) is 0 Å². The first-order valence-corrected chi connectivity index (χ1v) is 8.38. The summed E-state index contributed by atoms with van der Waals surface area (Å²) in [7, 11) is 0. The van der Waals surface area contributed by atoms with Crippen molar-refractivity contribution in [3.63, 3.8) is 0 Å². The minimum atomic E-state index is -0.260. The molecule has 6 nitrogen and oxygen atoms in total. The Kier molecular flexibility index (Phi) is 3.93. The summed E-state index contributed by atoms with van der Waals surface area (Å²) in [6.45, 7) is 0. The fourth-order valence-electron chi connectivity index (χ4n) is 3.21. The van der Waals surface area contributed by atoms with Crippen molar-refractivity contribution >= 4 is 22.8 Å². The van der Waals surface area contributed by atoms with E-state index in [2.05, 4.69) is 20.8 Å². The number of hydrazine groups is 1. The van der Waals surface area contributed by atoms with E-state index >= 15 is 0 Å². The minimum Gasteiger partial charge on any atom is -0.291 e. The van der Waals surface area contributed by atoms with E-state index in [0.29, 0.717) is 16.5 Å². The van der Waals surface area contributed by atoms with Crippen molar-refractivity contribution in [2.45, 2.75) is 25.7 Å². The lowest BCUT2D eigenvalue weighted by molar-refractivity contribution is 0.0962. The Morgan fingerprint density at radius 2 is 1.84 bits per heavy atom. The van der Waals surface area contributed by atoms with E-state index in [4.69, 9.17) is 0 Å². The topological polar surface area (TPSA) is 86.9 Å². The van der Waals surface area contributed by atoms with Gasteiger partial charge >= 0.3 is 0 Å². The highest BCUT2D eigenvalue weighted by Gasteiger charge is 2.13. The van der Waals surface area contributed by atoms with Crippen molar-refractivity contribution in [1.82, 2.24) is 15.4 Å². The molecule has 4 rings (SSSR count). The molecule has 6 heteroatoms. The molecule has 1 amide bonds. The number of hydrogen-bond donors (Lipinski definition) is 3. The Balaban J connectivity index is 1.51. The first-order valence-electron chi connectivity index (χ1n) is 8.38. The van der Waals surface area contributed by atoms with Crippen LogP contribution in [0.25, 0.3) is 10.9 Å². The van der Waals surface area contributed by atoms with Crippen LogP contribution in [0.5, 0.6) is 0 Å². The van der Waals surface area contributed by atoms with E-state index in [1.54, 1.807) is 18.2 Å². The lowest BCUT2D eigenvalue weighted by atomic mass is 9.90. The number of aromatic nitrogens is 2. The van der Waals surface area contributed by atoms with Crippen LogP contribution in [0.1, 0.15) is 34.3 Å². The van der Waals surface area contributed by atoms with E-state index in [0.717, 1.165) is 12.8 Å². The van der Waals surface area contributed by atoms with Gasteiger partial charge in [-0.1, -0.05) is 18.2 Å². The van der Waals surface area contributed by atoms with E-state index < -0.39 is 0 Å². The maximum Gasteiger partial charge on any atom is 0.269 e. The van der Waals surface area contributed by atoms with Crippen LogP contribution in [-0.2, 0) is 12.8 Å². The second-order valence-corrected chi connectivity index (χ2v) is 6.20. The predicted octanol–water partition coefficient (Wildman–Crippen LogP) is 2.56. The van der Waals surface area contributed by atoms with Crippen molar-refractivity contribution in [1.29, 1.82) is 0 Å². The first-order chi connectivity index (χ1) is 12.2. The smallest absolute Gasteiger partial charge is 0.269 e. The van der Waals surface area contributed by atoms with Gasteiger partial charge in [-0.3, -0.25) is 25.4 Å². The monoisotopic (exact) mass is 334 g/mol. The summed E-state index contributed by atoms with van der Waals surface area (Å²) in [6, 6.07) is 12.9. The standard InChI is InChI=1S/C19H18N4O2/c24-17(14-10-9-12-5-1-2-6-13(12)11-14)22-23-19-20-16-8-4-3-7-15(16)18(25)21-19/h3-4,7-11H,1-2,5-6H2,(H,22,24)(H2,20,21,23,25). The molecule has 1 aliphatic carbocycles. The number of aromatic amines is 1. The molecule has 0 aliphatic heterocycles. The number of fused-ring (bicyclic) bond motifs is 2. The minimum absolute atomic E-state index is 0.204. The van der Waals surface area contributed by atoms with E-state index in [1.165, 1.54) is 24.0 Å². The number of anilines is 1. The van der Waals surface area contributed by atoms with Gasteiger partial charge in [0.1, 0.15) is 0 Å². The third kappa shape index (κ3) is 3.10. The van der Waals surface area contributed by atoms with Gasteiger partial charge in [-0.05, 0) is 61.1 Å². The summed E-state index contributed by atoms with van der Waals surface area (Å²) in [5.41, 5.74) is 8.77. The Morgan fingerprint density at radius 1 is 1.04 bits per heavy atom. The largest absolute Gasteiger partial charge is 0.291 e. The summed E-state index contributed by atoms with van der Waals surface area (Å²) < 4.78 is 0. The van der Waals surface area contributed by atoms with Crippen molar-refractivity contribution in [3.8, 4) is 0 Å². The molecule has 0 radical (unpaired) electrons. The van der Waals surface area contributed by atoms with Crippen molar-refractivity contribution < 1.29 is 4.79 Å². The number of benzene rings is 2. The SMILES string of the molecule is O=C(NNc1nc2ccccc2c(=O)[nH]1)c1ccc2c(c1)CCCC2. The average Bonchev–Trinajstić information content (AvgIpc) is 2.66. The lowest BCUT2D eigenvalue weighted by Gasteiger charge is -2.16. The number of carbonyl (C=O) groups is 1. The molecule has 0 saturated heterocycles.